The van der Waals surface area contributed by atoms with Gasteiger partial charge in [-0.3, -0.25) is 4.79 Å². The Balaban J connectivity index is 3.08. The number of ketones is 1. The summed E-state index contributed by atoms with van der Waals surface area (Å²) in [5.74, 6) is 0.0104. The van der Waals surface area contributed by atoms with Crippen molar-refractivity contribution in [1.29, 1.82) is 0 Å². The van der Waals surface area contributed by atoms with E-state index in [1.165, 1.54) is 19.1 Å². The van der Waals surface area contributed by atoms with E-state index in [-0.39, 0.29) is 11.6 Å². The van der Waals surface area contributed by atoms with Crippen molar-refractivity contribution in [3.63, 3.8) is 0 Å². The largest absolute Gasteiger partial charge is 0.369 e. The van der Waals surface area contributed by atoms with Crippen molar-refractivity contribution in [1.82, 2.24) is 4.90 Å². The molecule has 0 saturated heterocycles. The lowest BCUT2D eigenvalue weighted by Crippen LogP contribution is -2.35. The molecule has 0 N–H and O–H groups in total. The quantitative estimate of drug-likeness (QED) is 0.717. The smallest absolute Gasteiger partial charge is 0.161 e. The number of benzene rings is 1. The van der Waals surface area contributed by atoms with E-state index >= 15 is 0 Å². The Morgan fingerprint density at radius 3 is 2.40 bits per heavy atom. The van der Waals surface area contributed by atoms with Crippen LogP contribution in [0.1, 0.15) is 31.1 Å². The number of likely N-dealkylation sites (N-methyl/N-ethyl adjacent to an activating group) is 1. The molecule has 0 heterocycles. The van der Waals surface area contributed by atoms with E-state index in [2.05, 4.69) is 23.6 Å². The summed E-state index contributed by atoms with van der Waals surface area (Å²) < 4.78 is 13.4. The summed E-state index contributed by atoms with van der Waals surface area (Å²) in [5, 5.41) is 0. The minimum absolute atomic E-state index is 0.0990. The van der Waals surface area contributed by atoms with E-state index < -0.39 is 0 Å². The molecule has 0 aromatic heterocycles. The van der Waals surface area contributed by atoms with Gasteiger partial charge in [0.2, 0.25) is 0 Å². The van der Waals surface area contributed by atoms with Gasteiger partial charge >= 0.3 is 0 Å². The number of rotatable bonds is 7. The summed E-state index contributed by atoms with van der Waals surface area (Å²) in [6.45, 7) is 8.31. The predicted molar refractivity (Wildman–Crippen MR) is 82.0 cm³/mol. The lowest BCUT2D eigenvalue weighted by Gasteiger charge is -2.29. The molecule has 0 aliphatic rings. The average Bonchev–Trinajstić information content (AvgIpc) is 2.33. The first-order chi connectivity index (χ1) is 9.31. The number of carbonyl (C=O) groups excluding carboxylic acids is 1. The molecule has 0 spiro atoms. The molecule has 3 nitrogen and oxygen atoms in total. The Labute approximate surface area is 121 Å². The molecule has 1 aromatic rings. The molecule has 1 rings (SSSR count). The highest BCUT2D eigenvalue weighted by Gasteiger charge is 2.16. The maximum atomic E-state index is 13.4. The molecule has 0 saturated carbocycles. The maximum absolute atomic E-state index is 13.4. The van der Waals surface area contributed by atoms with E-state index in [4.69, 9.17) is 0 Å². The van der Waals surface area contributed by atoms with Gasteiger partial charge in [-0.2, -0.15) is 0 Å². The van der Waals surface area contributed by atoms with E-state index in [1.54, 1.807) is 6.07 Å². The Hall–Kier alpha value is -1.42. The molecule has 112 valence electrons. The monoisotopic (exact) mass is 280 g/mol. The highest BCUT2D eigenvalue weighted by atomic mass is 19.1. The van der Waals surface area contributed by atoms with E-state index in [1.807, 2.05) is 14.1 Å². The minimum atomic E-state index is -0.365. The molecule has 0 bridgehead atoms. The van der Waals surface area contributed by atoms with Gasteiger partial charge in [-0.1, -0.05) is 13.8 Å². The molecule has 0 atom stereocenters. The molecule has 0 aliphatic carbocycles. The van der Waals surface area contributed by atoms with Crippen LogP contribution in [0.5, 0.6) is 0 Å². The second-order valence-corrected chi connectivity index (χ2v) is 5.86. The molecule has 20 heavy (non-hydrogen) atoms. The third kappa shape index (κ3) is 4.93. The minimum Gasteiger partial charge on any atom is -0.369 e. The van der Waals surface area contributed by atoms with Crippen molar-refractivity contribution >= 4 is 11.5 Å². The molecule has 0 aliphatic heterocycles. The highest BCUT2D eigenvalue weighted by Crippen LogP contribution is 2.23. The SMILES string of the molecule is CC(=O)c1cc(F)ccc1N(CCN(C)C)CC(C)C. The molecule has 0 fully saturated rings. The molecule has 0 unspecified atom stereocenters. The van der Waals surface area contributed by atoms with Crippen molar-refractivity contribution in [3.8, 4) is 0 Å². The van der Waals surface area contributed by atoms with Crippen LogP contribution in [-0.4, -0.2) is 44.4 Å². The zero-order valence-electron chi connectivity index (χ0n) is 13.1. The average molecular weight is 280 g/mol. The fraction of sp³-hybridized carbons (Fsp3) is 0.562. The van der Waals surface area contributed by atoms with E-state index in [9.17, 15) is 9.18 Å². The van der Waals surface area contributed by atoms with Gasteiger partial charge in [0.05, 0.1) is 0 Å². The van der Waals surface area contributed by atoms with Gasteiger partial charge in [-0.25, -0.2) is 4.39 Å². The third-order valence-corrected chi connectivity index (χ3v) is 3.08. The topological polar surface area (TPSA) is 23.6 Å². The van der Waals surface area contributed by atoms with Gasteiger partial charge < -0.3 is 9.80 Å². The first kappa shape index (κ1) is 16.6. The standard InChI is InChI=1S/C16H25FN2O/c1-12(2)11-19(9-8-18(4)5)16-7-6-14(17)10-15(16)13(3)20/h6-7,10,12H,8-9,11H2,1-5H3. The van der Waals surface area contributed by atoms with Crippen LogP contribution in [0.4, 0.5) is 10.1 Å². The summed E-state index contributed by atoms with van der Waals surface area (Å²) in [6.07, 6.45) is 0. The second kappa shape index (κ2) is 7.39. The zero-order valence-corrected chi connectivity index (χ0v) is 13.1. The molecular formula is C16H25FN2O. The summed E-state index contributed by atoms with van der Waals surface area (Å²) in [5.41, 5.74) is 1.29. The Morgan fingerprint density at radius 1 is 1.25 bits per heavy atom. The lowest BCUT2D eigenvalue weighted by molar-refractivity contribution is 0.101. The van der Waals surface area contributed by atoms with Gasteiger partial charge in [0, 0.05) is 30.9 Å². The van der Waals surface area contributed by atoms with Crippen LogP contribution in [0.3, 0.4) is 0 Å². The molecule has 4 heteroatoms. The van der Waals surface area contributed by atoms with Crippen LogP contribution in [0.2, 0.25) is 0 Å². The number of hydrogen-bond acceptors (Lipinski definition) is 3. The van der Waals surface area contributed by atoms with Crippen LogP contribution in [0.15, 0.2) is 18.2 Å². The van der Waals surface area contributed by atoms with Crippen molar-refractivity contribution in [2.45, 2.75) is 20.8 Å². The summed E-state index contributed by atoms with van der Waals surface area (Å²) in [6, 6.07) is 4.47. The van der Waals surface area contributed by atoms with Gasteiger partial charge in [0.15, 0.2) is 5.78 Å². The first-order valence-electron chi connectivity index (χ1n) is 7.01. The molecule has 0 amide bonds. The number of Topliss-reactive ketones (excluding diaryl/α,β-unsaturated/α-hetero) is 1. The summed E-state index contributed by atoms with van der Waals surface area (Å²) in [7, 11) is 4.04. The number of hydrogen-bond donors (Lipinski definition) is 0. The van der Waals surface area contributed by atoms with Crippen molar-refractivity contribution in [2.24, 2.45) is 5.92 Å². The summed E-state index contributed by atoms with van der Waals surface area (Å²) >= 11 is 0. The zero-order chi connectivity index (χ0) is 15.3. The molecule has 0 radical (unpaired) electrons. The van der Waals surface area contributed by atoms with E-state index in [0.29, 0.717) is 11.5 Å². The normalized spacial score (nSPS) is 11.2. The number of anilines is 1. The Kier molecular flexibility index (Phi) is 6.14. The van der Waals surface area contributed by atoms with Gasteiger partial charge in [-0.15, -0.1) is 0 Å². The van der Waals surface area contributed by atoms with E-state index in [0.717, 1.165) is 25.3 Å². The number of nitrogens with zero attached hydrogens (tertiary/aromatic N) is 2. The fourth-order valence-corrected chi connectivity index (χ4v) is 2.14. The van der Waals surface area contributed by atoms with Crippen LogP contribution >= 0.6 is 0 Å². The summed E-state index contributed by atoms with van der Waals surface area (Å²) in [4.78, 5) is 16.0. The predicted octanol–water partition coefficient (Wildman–Crippen LogP) is 3.05. The molecular weight excluding hydrogens is 255 g/mol. The highest BCUT2D eigenvalue weighted by molar-refractivity contribution is 5.99. The number of carbonyl (C=O) groups is 1. The number of halogens is 1. The Bertz CT molecular complexity index is 458. The maximum Gasteiger partial charge on any atom is 0.161 e. The fourth-order valence-electron chi connectivity index (χ4n) is 2.14. The first-order valence-corrected chi connectivity index (χ1v) is 7.01. The second-order valence-electron chi connectivity index (χ2n) is 5.86. The third-order valence-electron chi connectivity index (χ3n) is 3.08. The molecule has 1 aromatic carbocycles. The van der Waals surface area contributed by atoms with Crippen LogP contribution in [-0.2, 0) is 0 Å². The van der Waals surface area contributed by atoms with Gasteiger partial charge in [0.1, 0.15) is 5.82 Å². The van der Waals surface area contributed by atoms with Gasteiger partial charge in [0.25, 0.3) is 0 Å². The van der Waals surface area contributed by atoms with Crippen LogP contribution in [0, 0.1) is 11.7 Å². The van der Waals surface area contributed by atoms with Crippen molar-refractivity contribution in [3.05, 3.63) is 29.6 Å². The van der Waals surface area contributed by atoms with Gasteiger partial charge in [-0.05, 0) is 45.1 Å². The van der Waals surface area contributed by atoms with Crippen molar-refractivity contribution < 1.29 is 9.18 Å². The van der Waals surface area contributed by atoms with Crippen LogP contribution in [0.25, 0.3) is 0 Å². The van der Waals surface area contributed by atoms with Crippen LogP contribution < -0.4 is 4.90 Å². The lowest BCUT2D eigenvalue weighted by atomic mass is 10.1. The van der Waals surface area contributed by atoms with Crippen molar-refractivity contribution in [2.75, 3.05) is 38.6 Å². The Morgan fingerprint density at radius 2 is 1.90 bits per heavy atom.